The molecule has 19 heavy (non-hydrogen) atoms. The monoisotopic (exact) mass is 877 g/mol. The topological polar surface area (TPSA) is 277 Å². The molecule has 0 spiro atoms. The van der Waals surface area contributed by atoms with E-state index in [2.05, 4.69) is 0 Å². The van der Waals surface area contributed by atoms with E-state index in [0.717, 1.165) is 0 Å². The third-order valence-corrected chi connectivity index (χ3v) is 0. The molecule has 0 saturated carbocycles. The molecule has 0 amide bonds. The Hall–Kier alpha value is 3.23. The third kappa shape index (κ3) is 754. The van der Waals surface area contributed by atoms with E-state index in [9.17, 15) is 0 Å². The maximum absolute atomic E-state index is 8.48. The fourth-order valence-corrected chi connectivity index (χ4v) is 0. The summed E-state index contributed by atoms with van der Waals surface area (Å²) in [5.74, 6) is 0. The summed E-state index contributed by atoms with van der Waals surface area (Å²) in [7, 11) is -13.5. The Bertz CT molecular complexity index is 68.0. The molecular weight excluding hydrogens is 875 g/mol. The van der Waals surface area contributed by atoms with Crippen LogP contribution in [0, 0.1) is 0 Å². The van der Waals surface area contributed by atoms with Crippen LogP contribution in [0.4, 0.5) is 0 Å². The molecular formula is O12P4Re3-12. The van der Waals surface area contributed by atoms with E-state index in [1.165, 1.54) is 0 Å². The molecule has 0 aliphatic rings. The Morgan fingerprint density at radius 2 is 0.263 bits per heavy atom. The molecule has 0 unspecified atom stereocenters. The van der Waals surface area contributed by atoms with Crippen molar-refractivity contribution in [2.45, 2.75) is 0 Å². The average molecular weight is 875 g/mol. The Labute approximate surface area is 153 Å². The van der Waals surface area contributed by atoms with E-state index in [-0.39, 0.29) is 61.3 Å². The van der Waals surface area contributed by atoms with Gasteiger partial charge >= 0.3 is 0 Å². The second-order valence-corrected chi connectivity index (χ2v) is 2.68. The van der Waals surface area contributed by atoms with Crippen LogP contribution in [0.3, 0.4) is 0 Å². The zero-order chi connectivity index (χ0) is 14.3. The van der Waals surface area contributed by atoms with Crippen molar-refractivity contribution in [3.8, 4) is 0 Å². The Morgan fingerprint density at radius 1 is 0.263 bits per heavy atom. The first kappa shape index (κ1) is 43.2. The summed E-state index contributed by atoms with van der Waals surface area (Å²) >= 11 is 0. The molecule has 0 aromatic heterocycles. The molecule has 0 aliphatic carbocycles. The largest absolute Gasteiger partial charge is 0.854 e. The molecule has 3 radical (unpaired) electrons. The predicted octanol–water partition coefficient (Wildman–Crippen LogP) is -10.8. The second-order valence-electron chi connectivity index (χ2n) is 0.894. The van der Waals surface area contributed by atoms with Gasteiger partial charge in [0.1, 0.15) is 0 Å². The standard InChI is InChI=1S/4O3P.3Re/c4*1-4(2)3;;;/q4*-3;;;. The summed E-state index contributed by atoms with van der Waals surface area (Å²) in [5.41, 5.74) is 0. The Morgan fingerprint density at radius 3 is 0.263 bits per heavy atom. The van der Waals surface area contributed by atoms with Crippen LogP contribution in [-0.4, -0.2) is 0 Å². The van der Waals surface area contributed by atoms with E-state index < -0.39 is 34.4 Å². The van der Waals surface area contributed by atoms with Crippen LogP contribution in [0.15, 0.2) is 0 Å². The second kappa shape index (κ2) is 37.5. The summed E-state index contributed by atoms with van der Waals surface area (Å²) in [5, 5.41) is 0. The quantitative estimate of drug-likeness (QED) is 0.205. The molecule has 0 rings (SSSR count). The minimum atomic E-state index is -3.37. The van der Waals surface area contributed by atoms with E-state index in [4.69, 9.17) is 58.7 Å². The molecule has 0 fully saturated rings. The Kier molecular flexibility index (Phi) is 85.2. The van der Waals surface area contributed by atoms with Gasteiger partial charge in [-0.25, -0.2) is 0 Å². The molecule has 0 aliphatic heterocycles. The van der Waals surface area contributed by atoms with E-state index in [1.807, 2.05) is 0 Å². The van der Waals surface area contributed by atoms with Gasteiger partial charge in [-0.1, -0.05) is 0 Å². The zero-order valence-corrected chi connectivity index (χ0v) is 19.5. The maximum atomic E-state index is 8.48. The van der Waals surface area contributed by atoms with Gasteiger partial charge in [0.05, 0.1) is 0 Å². The van der Waals surface area contributed by atoms with E-state index in [0.29, 0.717) is 0 Å². The summed E-state index contributed by atoms with van der Waals surface area (Å²) in [4.78, 5) is 102. The van der Waals surface area contributed by atoms with Crippen LogP contribution < -0.4 is 58.7 Å². The number of hydrogen-bond acceptors (Lipinski definition) is 12. The zero-order valence-electron chi connectivity index (χ0n) is 7.82. The summed E-state index contributed by atoms with van der Waals surface area (Å²) in [6.45, 7) is 0. The van der Waals surface area contributed by atoms with Crippen LogP contribution in [0.1, 0.15) is 0 Å². The normalized spacial score (nSPS) is 7.58. The van der Waals surface area contributed by atoms with Crippen molar-refractivity contribution in [2.24, 2.45) is 0 Å². The molecule has 0 N–H and O–H groups in total. The van der Waals surface area contributed by atoms with Gasteiger partial charge in [-0.15, -0.1) is 0 Å². The van der Waals surface area contributed by atoms with Gasteiger partial charge in [0.25, 0.3) is 0 Å². The van der Waals surface area contributed by atoms with Gasteiger partial charge in [0.2, 0.25) is 0 Å². The minimum absolute atomic E-state index is 0. The van der Waals surface area contributed by atoms with E-state index >= 15 is 0 Å². The first-order chi connectivity index (χ1) is 6.93. The van der Waals surface area contributed by atoms with Crippen molar-refractivity contribution >= 4 is 34.4 Å². The summed E-state index contributed by atoms with van der Waals surface area (Å²) in [6, 6.07) is 0. The fourth-order valence-electron chi connectivity index (χ4n) is 0. The van der Waals surface area contributed by atoms with Crippen LogP contribution >= 0.6 is 34.4 Å². The van der Waals surface area contributed by atoms with Crippen molar-refractivity contribution < 1.29 is 120 Å². The van der Waals surface area contributed by atoms with Gasteiger partial charge in [0, 0.05) is 61.3 Å². The number of hydrogen-bond donors (Lipinski definition) is 0. The van der Waals surface area contributed by atoms with Crippen LogP contribution in [0.25, 0.3) is 0 Å². The van der Waals surface area contributed by atoms with Crippen molar-refractivity contribution in [1.29, 1.82) is 0 Å². The van der Waals surface area contributed by atoms with Gasteiger partial charge in [-0.2, -0.15) is 0 Å². The molecule has 0 aromatic carbocycles. The predicted molar refractivity (Wildman–Crippen MR) is 27.7 cm³/mol. The van der Waals surface area contributed by atoms with Crippen molar-refractivity contribution in [2.75, 3.05) is 0 Å². The summed E-state index contributed by atoms with van der Waals surface area (Å²) < 4.78 is 0. The van der Waals surface area contributed by atoms with Crippen LogP contribution in [0.2, 0.25) is 0 Å². The molecule has 0 atom stereocenters. The smallest absolute Gasteiger partial charge is 0 e. The summed E-state index contributed by atoms with van der Waals surface area (Å²) in [6.07, 6.45) is 0. The van der Waals surface area contributed by atoms with Crippen molar-refractivity contribution in [1.82, 2.24) is 0 Å². The molecule has 125 valence electrons. The first-order valence-corrected chi connectivity index (χ1v) is 6.57. The van der Waals surface area contributed by atoms with Crippen LogP contribution in [-0.2, 0) is 61.3 Å². The molecule has 12 nitrogen and oxygen atoms in total. The molecule has 0 saturated heterocycles. The van der Waals surface area contributed by atoms with Gasteiger partial charge < -0.3 is 93.1 Å². The first-order valence-electron chi connectivity index (χ1n) is 2.19. The SMILES string of the molecule is [O-]P([O-])[O-].[O-]P([O-])[O-].[O-]P([O-])[O-].[O-]P([O-])[O-].[Re].[Re].[Re]. The van der Waals surface area contributed by atoms with Gasteiger partial charge in [-0.05, 0) is 0 Å². The Balaban J connectivity index is -0.0000000192. The van der Waals surface area contributed by atoms with Crippen molar-refractivity contribution in [3.05, 3.63) is 0 Å². The van der Waals surface area contributed by atoms with Crippen LogP contribution in [0.5, 0.6) is 0 Å². The number of rotatable bonds is 0. The fraction of sp³-hybridized carbons (Fsp3) is 0. The van der Waals surface area contributed by atoms with E-state index in [1.54, 1.807) is 0 Å². The van der Waals surface area contributed by atoms with Gasteiger partial charge in [0.15, 0.2) is 0 Å². The molecule has 0 heterocycles. The average Bonchev–Trinajstić information content (AvgIpc) is 1.76. The maximum Gasteiger partial charge on any atom is 0 e. The molecule has 0 aromatic rings. The minimum Gasteiger partial charge on any atom is -0.854 e. The molecule has 19 heteroatoms. The third-order valence-electron chi connectivity index (χ3n) is 0. The van der Waals surface area contributed by atoms with Crippen molar-refractivity contribution in [3.63, 3.8) is 0 Å². The van der Waals surface area contributed by atoms with Gasteiger partial charge in [-0.3, -0.25) is 0 Å². The molecule has 0 bridgehead atoms.